The van der Waals surface area contributed by atoms with E-state index in [1.54, 1.807) is 29.0 Å². The Hall–Kier alpha value is -3.18. The minimum Gasteiger partial charge on any atom is -0.506 e. The highest BCUT2D eigenvalue weighted by Crippen LogP contribution is 2.42. The van der Waals surface area contributed by atoms with Crippen molar-refractivity contribution in [3.05, 3.63) is 58.9 Å². The van der Waals surface area contributed by atoms with Crippen molar-refractivity contribution in [1.82, 2.24) is 15.6 Å². The van der Waals surface area contributed by atoms with E-state index in [1.807, 2.05) is 6.07 Å². The van der Waals surface area contributed by atoms with Crippen molar-refractivity contribution in [2.24, 2.45) is 5.92 Å². The van der Waals surface area contributed by atoms with Crippen molar-refractivity contribution in [3.8, 4) is 5.75 Å². The van der Waals surface area contributed by atoms with Gasteiger partial charge < -0.3 is 5.11 Å². The van der Waals surface area contributed by atoms with Crippen molar-refractivity contribution in [2.75, 3.05) is 10.8 Å². The molecule has 1 unspecified atom stereocenters. The fraction of sp³-hybridized carbons (Fsp3) is 0.440. The number of hydrogen-bond acceptors (Lipinski definition) is 6. The van der Waals surface area contributed by atoms with E-state index in [0.717, 1.165) is 12.8 Å². The monoisotopic (exact) mass is 518 g/mol. The topological polar surface area (TPSA) is 128 Å². The molecule has 4 rings (SSSR count). The molecule has 0 bridgehead atoms. The second kappa shape index (κ2) is 10.1. The first-order chi connectivity index (χ1) is 17.0. The van der Waals surface area contributed by atoms with Gasteiger partial charge in [0.15, 0.2) is 5.82 Å². The molecule has 1 heterocycles. The molecule has 1 saturated heterocycles. The summed E-state index contributed by atoms with van der Waals surface area (Å²) in [7, 11) is -4.30. The summed E-state index contributed by atoms with van der Waals surface area (Å²) in [6.07, 6.45) is 3.60. The normalized spacial score (nSPS) is 20.8. The van der Waals surface area contributed by atoms with Gasteiger partial charge in [0, 0.05) is 11.1 Å². The van der Waals surface area contributed by atoms with Crippen LogP contribution in [-0.2, 0) is 27.8 Å². The van der Waals surface area contributed by atoms with Crippen molar-refractivity contribution in [1.29, 1.82) is 0 Å². The van der Waals surface area contributed by atoms with E-state index in [0.29, 0.717) is 40.6 Å². The Balaban J connectivity index is 1.65. The minimum absolute atomic E-state index is 0.171. The molecule has 0 saturated carbocycles. The average Bonchev–Trinajstić information content (AvgIpc) is 3.10. The molecule has 0 aromatic heterocycles. The summed E-state index contributed by atoms with van der Waals surface area (Å²) in [4.78, 5) is 24.4. The van der Waals surface area contributed by atoms with Crippen LogP contribution in [0.2, 0.25) is 0 Å². The van der Waals surface area contributed by atoms with Gasteiger partial charge in [-0.3, -0.25) is 15.0 Å². The van der Waals surface area contributed by atoms with Crippen LogP contribution in [0.5, 0.6) is 5.75 Å². The van der Waals surface area contributed by atoms with Gasteiger partial charge in [0.2, 0.25) is 0 Å². The molecular formula is C25H31FN4O5S. The standard InChI is InChI=1S/C25H31FN4O5S/c1-16(2)7-6-11-25(29-27-24(33)17-8-4-3-5-9-17)12-10-18-13-20(31)23(22(26)19(18)14-25)30-15-21(32)28-36(30,34)35/h3-5,8-9,13,16,29,31H,6-7,10-12,14-15H2,1-2H3,(H,27,33)(H,28,32). The van der Waals surface area contributed by atoms with Crippen LogP contribution < -0.4 is 19.9 Å². The van der Waals surface area contributed by atoms with E-state index < -0.39 is 45.5 Å². The van der Waals surface area contributed by atoms with Gasteiger partial charge in [-0.25, -0.2) is 18.8 Å². The number of benzene rings is 2. The molecule has 0 spiro atoms. The predicted molar refractivity (Wildman–Crippen MR) is 133 cm³/mol. The number of carbonyl (C=O) groups is 2. The van der Waals surface area contributed by atoms with E-state index in [9.17, 15) is 23.1 Å². The number of phenols is 1. The SMILES string of the molecule is CC(C)CCCC1(NNC(=O)c2ccccc2)CCc2cc(O)c(N3CC(=O)NS3(=O)=O)c(F)c2C1. The molecule has 2 aromatic rings. The number of carbonyl (C=O) groups excluding carboxylic acids is 2. The minimum atomic E-state index is -4.30. The molecule has 2 aliphatic rings. The molecule has 194 valence electrons. The van der Waals surface area contributed by atoms with Crippen molar-refractivity contribution >= 4 is 27.7 Å². The van der Waals surface area contributed by atoms with Crippen LogP contribution in [0.3, 0.4) is 0 Å². The molecule has 1 aliphatic heterocycles. The summed E-state index contributed by atoms with van der Waals surface area (Å²) < 4.78 is 42.9. The molecule has 36 heavy (non-hydrogen) atoms. The summed E-state index contributed by atoms with van der Waals surface area (Å²) >= 11 is 0. The van der Waals surface area contributed by atoms with Gasteiger partial charge in [0.05, 0.1) is 0 Å². The maximum Gasteiger partial charge on any atom is 0.326 e. The molecule has 9 nitrogen and oxygen atoms in total. The zero-order chi connectivity index (χ0) is 26.1. The lowest BCUT2D eigenvalue weighted by Gasteiger charge is -2.40. The van der Waals surface area contributed by atoms with Crippen LogP contribution in [0.25, 0.3) is 0 Å². The van der Waals surface area contributed by atoms with Gasteiger partial charge in [0.25, 0.3) is 11.8 Å². The van der Waals surface area contributed by atoms with Crippen LogP contribution >= 0.6 is 0 Å². The number of rotatable bonds is 8. The van der Waals surface area contributed by atoms with Crippen LogP contribution in [0.15, 0.2) is 36.4 Å². The Morgan fingerprint density at radius 3 is 2.64 bits per heavy atom. The summed E-state index contributed by atoms with van der Waals surface area (Å²) in [5.41, 5.74) is 6.04. The smallest absolute Gasteiger partial charge is 0.326 e. The lowest BCUT2D eigenvalue weighted by atomic mass is 9.74. The van der Waals surface area contributed by atoms with Gasteiger partial charge in [0.1, 0.15) is 18.0 Å². The van der Waals surface area contributed by atoms with E-state index in [1.165, 1.54) is 6.07 Å². The zero-order valence-corrected chi connectivity index (χ0v) is 21.1. The van der Waals surface area contributed by atoms with E-state index in [4.69, 9.17) is 0 Å². The summed E-state index contributed by atoms with van der Waals surface area (Å²) in [5, 5.41) is 10.5. The van der Waals surface area contributed by atoms with E-state index in [-0.39, 0.29) is 17.9 Å². The molecule has 1 atom stereocenters. The lowest BCUT2D eigenvalue weighted by molar-refractivity contribution is -0.117. The maximum absolute atomic E-state index is 15.9. The number of nitrogens with one attached hydrogen (secondary N) is 3. The number of aryl methyl sites for hydroxylation is 1. The van der Waals surface area contributed by atoms with E-state index >= 15 is 4.39 Å². The summed E-state index contributed by atoms with van der Waals surface area (Å²) in [6, 6.07) is 10.1. The average molecular weight is 519 g/mol. The number of fused-ring (bicyclic) bond motifs is 1. The highest BCUT2D eigenvalue weighted by atomic mass is 32.2. The Kier molecular flexibility index (Phi) is 7.24. The van der Waals surface area contributed by atoms with Crippen molar-refractivity contribution < 1.29 is 27.5 Å². The van der Waals surface area contributed by atoms with Gasteiger partial charge in [-0.2, -0.15) is 8.42 Å². The fourth-order valence-electron chi connectivity index (χ4n) is 4.90. The number of hydrazine groups is 1. The largest absolute Gasteiger partial charge is 0.506 e. The molecular weight excluding hydrogens is 487 g/mol. The first kappa shape index (κ1) is 25.9. The number of hydrogen-bond donors (Lipinski definition) is 4. The van der Waals surface area contributed by atoms with Gasteiger partial charge in [-0.1, -0.05) is 44.9 Å². The number of halogens is 1. The molecule has 0 radical (unpaired) electrons. The van der Waals surface area contributed by atoms with Gasteiger partial charge >= 0.3 is 10.2 Å². The lowest BCUT2D eigenvalue weighted by Crippen LogP contribution is -2.57. The molecule has 11 heteroatoms. The molecule has 4 N–H and O–H groups in total. The maximum atomic E-state index is 15.9. The number of phenolic OH excluding ortho intramolecular Hbond substituents is 1. The number of anilines is 1. The van der Waals surface area contributed by atoms with Crippen LogP contribution in [-0.4, -0.2) is 37.4 Å². The van der Waals surface area contributed by atoms with Crippen molar-refractivity contribution in [2.45, 2.75) is 57.9 Å². The molecule has 1 fully saturated rings. The molecule has 2 aromatic carbocycles. The van der Waals surface area contributed by atoms with Crippen LogP contribution in [0, 0.1) is 11.7 Å². The van der Waals surface area contributed by atoms with Crippen LogP contribution in [0.4, 0.5) is 10.1 Å². The number of aromatic hydroxyl groups is 1. The van der Waals surface area contributed by atoms with Crippen molar-refractivity contribution in [3.63, 3.8) is 0 Å². The number of nitrogens with zero attached hydrogens (tertiary/aromatic N) is 1. The van der Waals surface area contributed by atoms with Gasteiger partial charge in [-0.05, 0) is 60.9 Å². The van der Waals surface area contributed by atoms with Gasteiger partial charge in [-0.15, -0.1) is 0 Å². The Labute approximate surface area is 210 Å². The summed E-state index contributed by atoms with van der Waals surface area (Å²) in [5.74, 6) is -2.07. The Morgan fingerprint density at radius 2 is 2.00 bits per heavy atom. The Morgan fingerprint density at radius 1 is 1.28 bits per heavy atom. The third-order valence-electron chi connectivity index (χ3n) is 6.79. The van der Waals surface area contributed by atoms with E-state index in [2.05, 4.69) is 24.7 Å². The Bertz CT molecular complexity index is 1270. The zero-order valence-electron chi connectivity index (χ0n) is 20.3. The fourth-order valence-corrected chi connectivity index (χ4v) is 6.06. The summed E-state index contributed by atoms with van der Waals surface area (Å²) in [6.45, 7) is 3.62. The predicted octanol–water partition coefficient (Wildman–Crippen LogP) is 2.70. The molecule has 1 aliphatic carbocycles. The van der Waals surface area contributed by atoms with Crippen LogP contribution in [0.1, 0.15) is 61.0 Å². The second-order valence-corrected chi connectivity index (χ2v) is 11.5. The second-order valence-electron chi connectivity index (χ2n) is 9.92. The first-order valence-corrected chi connectivity index (χ1v) is 13.4. The quantitative estimate of drug-likeness (QED) is 0.398. The number of amides is 2. The first-order valence-electron chi connectivity index (χ1n) is 12.0. The highest BCUT2D eigenvalue weighted by molar-refractivity contribution is 7.92. The third kappa shape index (κ3) is 5.31. The third-order valence-corrected chi connectivity index (χ3v) is 8.16. The molecule has 2 amide bonds. The highest BCUT2D eigenvalue weighted by Gasteiger charge is 2.41.